The number of fused-ring (bicyclic) bond motifs is 1. The van der Waals surface area contributed by atoms with Crippen LogP contribution in [0.5, 0.6) is 0 Å². The van der Waals surface area contributed by atoms with Crippen LogP contribution in [0.1, 0.15) is 6.92 Å². The molecule has 0 aliphatic carbocycles. The highest BCUT2D eigenvalue weighted by atomic mass is 32.2. The number of aromatic nitrogens is 4. The van der Waals surface area contributed by atoms with Gasteiger partial charge in [-0.25, -0.2) is 9.97 Å². The third-order valence-electron chi connectivity index (χ3n) is 3.73. The fourth-order valence-electron chi connectivity index (χ4n) is 2.42. The predicted octanol–water partition coefficient (Wildman–Crippen LogP) is 5.62. The first-order chi connectivity index (χ1) is 15.0. The number of hydrogen-bond acceptors (Lipinski definition) is 7. The predicted molar refractivity (Wildman–Crippen MR) is 111 cm³/mol. The van der Waals surface area contributed by atoms with E-state index in [0.717, 1.165) is 6.21 Å². The number of imidazole rings is 1. The number of halogens is 6. The van der Waals surface area contributed by atoms with Crippen LogP contribution in [0.3, 0.4) is 0 Å². The molecule has 0 aliphatic heterocycles. The molecule has 0 aliphatic rings. The number of allylic oxidation sites excluding steroid dienone is 2. The van der Waals surface area contributed by atoms with Gasteiger partial charge in [-0.3, -0.25) is 14.4 Å². The number of aliphatic imine (C=N–C) groups is 1. The summed E-state index contributed by atoms with van der Waals surface area (Å²) >= 11 is 1.06. The summed E-state index contributed by atoms with van der Waals surface area (Å²) < 4.78 is 76.5. The van der Waals surface area contributed by atoms with Crippen molar-refractivity contribution in [1.29, 1.82) is 0 Å². The first-order valence-corrected chi connectivity index (χ1v) is 10.6. The van der Waals surface area contributed by atoms with Gasteiger partial charge in [-0.15, -0.1) is 11.8 Å². The second-order valence-electron chi connectivity index (χ2n) is 6.04. The zero-order valence-electron chi connectivity index (χ0n) is 16.1. The fraction of sp³-hybridized carbons (Fsp3) is 0.222. The minimum Gasteiger partial charge on any atom is -0.395 e. The molecule has 0 atom stereocenters. The van der Waals surface area contributed by atoms with Gasteiger partial charge in [0, 0.05) is 35.1 Å². The SMILES string of the molecule is CCSc1cc(N=CC=C(N)C(F)(F)F)cnc1-c1cn2cnc(SC(F)(F)F)cc2n1. The van der Waals surface area contributed by atoms with E-state index < -0.39 is 17.4 Å². The molecule has 32 heavy (non-hydrogen) atoms. The molecule has 3 aromatic rings. The van der Waals surface area contributed by atoms with E-state index in [0.29, 0.717) is 33.8 Å². The molecule has 0 fully saturated rings. The summed E-state index contributed by atoms with van der Waals surface area (Å²) in [7, 11) is 0. The Balaban J connectivity index is 1.92. The maximum absolute atomic E-state index is 12.6. The number of nitrogens with zero attached hydrogens (tertiary/aromatic N) is 5. The van der Waals surface area contributed by atoms with Crippen LogP contribution in [0.4, 0.5) is 32.0 Å². The number of hydrogen-bond donors (Lipinski definition) is 1. The molecule has 0 aromatic carbocycles. The van der Waals surface area contributed by atoms with Gasteiger partial charge in [-0.2, -0.15) is 26.3 Å². The van der Waals surface area contributed by atoms with E-state index >= 15 is 0 Å². The Kier molecular flexibility index (Phi) is 7.03. The lowest BCUT2D eigenvalue weighted by Gasteiger charge is -2.06. The summed E-state index contributed by atoms with van der Waals surface area (Å²) in [5, 5.41) is -0.242. The zero-order chi connectivity index (χ0) is 23.5. The Morgan fingerprint density at radius 2 is 1.94 bits per heavy atom. The maximum atomic E-state index is 12.6. The molecule has 170 valence electrons. The molecule has 0 saturated carbocycles. The topological polar surface area (TPSA) is 81.5 Å². The number of alkyl halides is 6. The normalized spacial score (nSPS) is 13.4. The monoisotopic (exact) mass is 492 g/mol. The Labute approximate surface area is 186 Å². The van der Waals surface area contributed by atoms with E-state index in [1.165, 1.54) is 34.8 Å². The molecule has 0 saturated heterocycles. The van der Waals surface area contributed by atoms with Crippen LogP contribution in [-0.4, -0.2) is 43.0 Å². The van der Waals surface area contributed by atoms with E-state index in [-0.39, 0.29) is 22.4 Å². The zero-order valence-corrected chi connectivity index (χ0v) is 17.8. The molecule has 0 radical (unpaired) electrons. The maximum Gasteiger partial charge on any atom is 0.447 e. The summed E-state index contributed by atoms with van der Waals surface area (Å²) in [6, 6.07) is 2.84. The highest BCUT2D eigenvalue weighted by molar-refractivity contribution is 8.00. The quantitative estimate of drug-likeness (QED) is 0.208. The molecular weight excluding hydrogens is 478 g/mol. The molecule has 0 amide bonds. The van der Waals surface area contributed by atoms with Crippen LogP contribution in [-0.2, 0) is 0 Å². The Morgan fingerprint density at radius 1 is 1.19 bits per heavy atom. The molecule has 0 unspecified atom stereocenters. The van der Waals surface area contributed by atoms with Crippen molar-refractivity contribution in [3.8, 4) is 11.4 Å². The van der Waals surface area contributed by atoms with Crippen molar-refractivity contribution in [1.82, 2.24) is 19.4 Å². The smallest absolute Gasteiger partial charge is 0.395 e. The lowest BCUT2D eigenvalue weighted by Crippen LogP contribution is -2.19. The largest absolute Gasteiger partial charge is 0.447 e. The van der Waals surface area contributed by atoms with Crippen LogP contribution in [0.2, 0.25) is 0 Å². The van der Waals surface area contributed by atoms with Crippen molar-refractivity contribution >= 4 is 41.1 Å². The van der Waals surface area contributed by atoms with Crippen molar-refractivity contribution in [2.45, 2.75) is 28.5 Å². The van der Waals surface area contributed by atoms with E-state index in [2.05, 4.69) is 19.9 Å². The summed E-state index contributed by atoms with van der Waals surface area (Å²) in [6.07, 6.45) is 1.07. The Morgan fingerprint density at radius 3 is 2.59 bits per heavy atom. The van der Waals surface area contributed by atoms with Crippen LogP contribution < -0.4 is 5.73 Å². The van der Waals surface area contributed by atoms with Gasteiger partial charge in [0.1, 0.15) is 34.1 Å². The average Bonchev–Trinajstić information content (AvgIpc) is 3.09. The summed E-state index contributed by atoms with van der Waals surface area (Å²) in [5.41, 5.74) is 0.571. The van der Waals surface area contributed by atoms with Gasteiger partial charge in [0.25, 0.3) is 0 Å². The summed E-state index contributed by atoms with van der Waals surface area (Å²) in [5.74, 6) is 0.657. The van der Waals surface area contributed by atoms with Crippen molar-refractivity contribution in [3.05, 3.63) is 42.6 Å². The van der Waals surface area contributed by atoms with Crippen molar-refractivity contribution in [3.63, 3.8) is 0 Å². The van der Waals surface area contributed by atoms with E-state index in [1.54, 1.807) is 12.3 Å². The van der Waals surface area contributed by atoms with Crippen LogP contribution in [0.25, 0.3) is 17.0 Å². The van der Waals surface area contributed by atoms with Gasteiger partial charge in [0.15, 0.2) is 0 Å². The lowest BCUT2D eigenvalue weighted by atomic mass is 10.3. The highest BCUT2D eigenvalue weighted by Gasteiger charge is 2.31. The Bertz CT molecular complexity index is 1170. The standard InChI is InChI=1S/C18H14F6N6S2/c1-2-31-12-5-10(26-4-3-13(25)17(19,20)21)7-27-16(12)11-8-30-9-28-15(6-14(30)29-11)32-18(22,23)24/h3-9H,2,25H2,1H3. The number of nitrogens with two attached hydrogens (primary N) is 1. The van der Waals surface area contributed by atoms with E-state index in [1.807, 2.05) is 6.92 Å². The third kappa shape index (κ3) is 6.16. The molecule has 0 bridgehead atoms. The second kappa shape index (κ2) is 9.40. The lowest BCUT2D eigenvalue weighted by molar-refractivity contribution is -0.0925. The first kappa shape index (κ1) is 23.9. The molecular formula is C18H14F6N6S2. The average molecular weight is 492 g/mol. The third-order valence-corrected chi connectivity index (χ3v) is 5.30. The molecule has 0 spiro atoms. The minimum absolute atomic E-state index is 0.242. The van der Waals surface area contributed by atoms with Crippen LogP contribution in [0.15, 0.2) is 57.5 Å². The van der Waals surface area contributed by atoms with Gasteiger partial charge in [0.05, 0.1) is 11.9 Å². The Hall–Kier alpha value is -2.74. The van der Waals surface area contributed by atoms with Gasteiger partial charge in [-0.1, -0.05) is 6.92 Å². The van der Waals surface area contributed by atoms with E-state index in [9.17, 15) is 26.3 Å². The first-order valence-electron chi connectivity index (χ1n) is 8.77. The summed E-state index contributed by atoms with van der Waals surface area (Å²) in [4.78, 5) is 17.0. The fourth-order valence-corrected chi connectivity index (χ4v) is 3.73. The van der Waals surface area contributed by atoms with Crippen molar-refractivity contribution in [2.75, 3.05) is 5.75 Å². The number of rotatable bonds is 6. The van der Waals surface area contributed by atoms with Gasteiger partial charge in [-0.05, 0) is 17.9 Å². The number of pyridine rings is 1. The minimum atomic E-state index is -4.65. The second-order valence-corrected chi connectivity index (χ2v) is 8.43. The van der Waals surface area contributed by atoms with Gasteiger partial charge >= 0.3 is 11.7 Å². The molecule has 6 nitrogen and oxygen atoms in total. The van der Waals surface area contributed by atoms with Crippen LogP contribution in [0, 0.1) is 0 Å². The van der Waals surface area contributed by atoms with Gasteiger partial charge in [0.2, 0.25) is 0 Å². The molecule has 14 heteroatoms. The van der Waals surface area contributed by atoms with E-state index in [4.69, 9.17) is 5.73 Å². The van der Waals surface area contributed by atoms with Crippen molar-refractivity contribution in [2.24, 2.45) is 10.7 Å². The van der Waals surface area contributed by atoms with Gasteiger partial charge < -0.3 is 5.73 Å². The van der Waals surface area contributed by atoms with Crippen molar-refractivity contribution < 1.29 is 26.3 Å². The number of thioether (sulfide) groups is 2. The summed E-state index contributed by atoms with van der Waals surface area (Å²) in [6.45, 7) is 1.89. The molecule has 2 N–H and O–H groups in total. The van der Waals surface area contributed by atoms with Crippen LogP contribution >= 0.6 is 23.5 Å². The molecule has 3 rings (SSSR count). The highest BCUT2D eigenvalue weighted by Crippen LogP contribution is 2.36. The molecule has 3 heterocycles. The molecule has 3 aromatic heterocycles.